The van der Waals surface area contributed by atoms with E-state index in [0.717, 1.165) is 33.9 Å². The molecule has 37 heavy (non-hydrogen) atoms. The van der Waals surface area contributed by atoms with E-state index in [-0.39, 0.29) is 0 Å². The third kappa shape index (κ3) is 4.10. The van der Waals surface area contributed by atoms with Crippen LogP contribution in [0.4, 0.5) is 0 Å². The van der Waals surface area contributed by atoms with E-state index in [9.17, 15) is 0 Å². The van der Waals surface area contributed by atoms with Crippen molar-refractivity contribution in [2.75, 3.05) is 0 Å². The Morgan fingerprint density at radius 2 is 0.919 bits per heavy atom. The van der Waals surface area contributed by atoms with Crippen molar-refractivity contribution in [3.63, 3.8) is 0 Å². The Hall–Kier alpha value is -4.60. The van der Waals surface area contributed by atoms with Crippen LogP contribution in [-0.2, 0) is 0 Å². The molecule has 0 aliphatic carbocycles. The number of aromatic nitrogens is 2. The number of hydrogen-bond donors (Lipinski definition) is 0. The van der Waals surface area contributed by atoms with Crippen LogP contribution in [-0.4, -0.2) is 9.97 Å². The first-order chi connectivity index (χ1) is 18.3. The van der Waals surface area contributed by atoms with Gasteiger partial charge in [-0.15, -0.1) is 11.3 Å². The predicted octanol–water partition coefficient (Wildman–Crippen LogP) is 9.51. The van der Waals surface area contributed by atoms with Crippen molar-refractivity contribution < 1.29 is 0 Å². The maximum atomic E-state index is 4.96. The Morgan fingerprint density at radius 3 is 1.65 bits per heavy atom. The average Bonchev–Trinajstić information content (AvgIpc) is 3.36. The van der Waals surface area contributed by atoms with Gasteiger partial charge in [0.05, 0.1) is 11.4 Å². The standard InChI is InChI=1S/C34H22N2S/c1-3-9-24(10-4-1)30-22-31(36-34(35-30)26-11-5-2-6-12-26)25-17-15-23(16-18-25)27-19-20-33-29(21-27)28-13-7-8-14-32(28)37-33/h1-22H. The van der Waals surface area contributed by atoms with Gasteiger partial charge in [-0.05, 0) is 35.4 Å². The summed E-state index contributed by atoms with van der Waals surface area (Å²) in [4.78, 5) is 9.86. The Kier molecular flexibility index (Phi) is 5.34. The monoisotopic (exact) mass is 490 g/mol. The zero-order valence-corrected chi connectivity index (χ0v) is 20.8. The van der Waals surface area contributed by atoms with Gasteiger partial charge in [-0.25, -0.2) is 9.97 Å². The summed E-state index contributed by atoms with van der Waals surface area (Å²) < 4.78 is 2.65. The number of hydrogen-bond acceptors (Lipinski definition) is 3. The second kappa shape index (κ2) is 9.12. The second-order valence-electron chi connectivity index (χ2n) is 9.08. The highest BCUT2D eigenvalue weighted by Crippen LogP contribution is 2.36. The van der Waals surface area contributed by atoms with Crippen LogP contribution >= 0.6 is 11.3 Å². The van der Waals surface area contributed by atoms with Gasteiger partial charge >= 0.3 is 0 Å². The van der Waals surface area contributed by atoms with Gasteiger partial charge in [0.15, 0.2) is 5.82 Å². The van der Waals surface area contributed by atoms with E-state index in [1.54, 1.807) is 0 Å². The summed E-state index contributed by atoms with van der Waals surface area (Å²) in [5.74, 6) is 0.732. The molecular weight excluding hydrogens is 468 g/mol. The summed E-state index contributed by atoms with van der Waals surface area (Å²) in [6.07, 6.45) is 0. The first-order valence-corrected chi connectivity index (χ1v) is 13.2. The molecule has 174 valence electrons. The number of thiophene rings is 1. The van der Waals surface area contributed by atoms with Crippen LogP contribution < -0.4 is 0 Å². The highest BCUT2D eigenvalue weighted by Gasteiger charge is 2.11. The third-order valence-electron chi connectivity index (χ3n) is 6.72. The zero-order chi connectivity index (χ0) is 24.6. The molecule has 0 unspecified atom stereocenters. The minimum atomic E-state index is 0.732. The van der Waals surface area contributed by atoms with Crippen molar-refractivity contribution in [3.05, 3.63) is 133 Å². The fraction of sp³-hybridized carbons (Fsp3) is 0. The molecule has 0 saturated heterocycles. The van der Waals surface area contributed by atoms with Crippen molar-refractivity contribution in [3.8, 4) is 45.0 Å². The van der Waals surface area contributed by atoms with Gasteiger partial charge in [0.25, 0.3) is 0 Å². The molecule has 0 amide bonds. The number of fused-ring (bicyclic) bond motifs is 3. The van der Waals surface area contributed by atoms with Crippen LogP contribution in [0.15, 0.2) is 133 Å². The van der Waals surface area contributed by atoms with Crippen LogP contribution in [0.25, 0.3) is 65.2 Å². The molecule has 2 nitrogen and oxygen atoms in total. The zero-order valence-electron chi connectivity index (χ0n) is 20.0. The average molecular weight is 491 g/mol. The molecule has 0 fully saturated rings. The maximum Gasteiger partial charge on any atom is 0.160 e. The van der Waals surface area contributed by atoms with E-state index in [4.69, 9.17) is 9.97 Å². The SMILES string of the molecule is c1ccc(-c2cc(-c3ccc(-c4ccc5sc6ccccc6c5c4)cc3)nc(-c3ccccc3)n2)cc1. The largest absolute Gasteiger partial charge is 0.228 e. The van der Waals surface area contributed by atoms with Gasteiger partial charge in [0.2, 0.25) is 0 Å². The highest BCUT2D eigenvalue weighted by atomic mass is 32.1. The third-order valence-corrected chi connectivity index (χ3v) is 7.87. The predicted molar refractivity (Wildman–Crippen MR) is 157 cm³/mol. The summed E-state index contributed by atoms with van der Waals surface area (Å²) in [7, 11) is 0. The maximum absolute atomic E-state index is 4.96. The molecule has 0 N–H and O–H groups in total. The highest BCUT2D eigenvalue weighted by molar-refractivity contribution is 7.25. The van der Waals surface area contributed by atoms with Crippen LogP contribution in [0.1, 0.15) is 0 Å². The summed E-state index contributed by atoms with van der Waals surface area (Å²) in [5, 5.41) is 2.64. The summed E-state index contributed by atoms with van der Waals surface area (Å²) in [5.41, 5.74) is 7.41. The molecular formula is C34H22N2S. The lowest BCUT2D eigenvalue weighted by molar-refractivity contribution is 1.18. The molecule has 0 radical (unpaired) electrons. The molecule has 3 heteroatoms. The lowest BCUT2D eigenvalue weighted by atomic mass is 10.00. The van der Waals surface area contributed by atoms with Crippen LogP contribution in [0, 0.1) is 0 Å². The lowest BCUT2D eigenvalue weighted by Crippen LogP contribution is -1.95. The van der Waals surface area contributed by atoms with Gasteiger partial charge in [0.1, 0.15) is 0 Å². The molecule has 0 aliphatic heterocycles. The van der Waals surface area contributed by atoms with Crippen molar-refractivity contribution >= 4 is 31.5 Å². The fourth-order valence-electron chi connectivity index (χ4n) is 4.81. The molecule has 7 rings (SSSR count). The molecule has 0 spiro atoms. The molecule has 7 aromatic rings. The van der Waals surface area contributed by atoms with Crippen LogP contribution in [0.5, 0.6) is 0 Å². The normalized spacial score (nSPS) is 11.2. The fourth-order valence-corrected chi connectivity index (χ4v) is 5.89. The number of benzene rings is 5. The van der Waals surface area contributed by atoms with Crippen LogP contribution in [0.3, 0.4) is 0 Å². The summed E-state index contributed by atoms with van der Waals surface area (Å²) in [6, 6.07) is 46.7. The summed E-state index contributed by atoms with van der Waals surface area (Å²) >= 11 is 1.85. The smallest absolute Gasteiger partial charge is 0.160 e. The first-order valence-electron chi connectivity index (χ1n) is 12.3. The Bertz CT molecular complexity index is 1800. The van der Waals surface area contributed by atoms with Gasteiger partial charge in [-0.2, -0.15) is 0 Å². The van der Waals surface area contributed by atoms with E-state index in [1.807, 2.05) is 47.7 Å². The molecule has 0 bridgehead atoms. The Labute approximate surface area is 219 Å². The number of nitrogens with zero attached hydrogens (tertiary/aromatic N) is 2. The molecule has 0 aliphatic rings. The van der Waals surface area contributed by atoms with Crippen molar-refractivity contribution in [1.29, 1.82) is 0 Å². The Balaban J connectivity index is 1.30. The van der Waals surface area contributed by atoms with Crippen molar-refractivity contribution in [1.82, 2.24) is 9.97 Å². The molecule has 5 aromatic carbocycles. The second-order valence-corrected chi connectivity index (χ2v) is 10.2. The van der Waals surface area contributed by atoms with Crippen LogP contribution in [0.2, 0.25) is 0 Å². The quantitative estimate of drug-likeness (QED) is 0.245. The minimum absolute atomic E-state index is 0.732. The summed E-state index contributed by atoms with van der Waals surface area (Å²) in [6.45, 7) is 0. The number of rotatable bonds is 4. The van der Waals surface area contributed by atoms with E-state index in [0.29, 0.717) is 0 Å². The van der Waals surface area contributed by atoms with Gasteiger partial charge in [0, 0.05) is 36.9 Å². The van der Waals surface area contributed by atoms with Gasteiger partial charge < -0.3 is 0 Å². The molecule has 2 heterocycles. The lowest BCUT2D eigenvalue weighted by Gasteiger charge is -2.10. The van der Waals surface area contributed by atoms with Crippen molar-refractivity contribution in [2.45, 2.75) is 0 Å². The van der Waals surface area contributed by atoms with E-state index < -0.39 is 0 Å². The van der Waals surface area contributed by atoms with Gasteiger partial charge in [-0.3, -0.25) is 0 Å². The topological polar surface area (TPSA) is 25.8 Å². The molecule has 0 atom stereocenters. The van der Waals surface area contributed by atoms with Gasteiger partial charge in [-0.1, -0.05) is 109 Å². The van der Waals surface area contributed by atoms with E-state index in [2.05, 4.69) is 97.1 Å². The van der Waals surface area contributed by atoms with E-state index in [1.165, 1.54) is 31.3 Å². The molecule has 2 aromatic heterocycles. The van der Waals surface area contributed by atoms with Crippen molar-refractivity contribution in [2.24, 2.45) is 0 Å². The first kappa shape index (κ1) is 21.7. The van der Waals surface area contributed by atoms with E-state index >= 15 is 0 Å². The molecule has 0 saturated carbocycles. The minimum Gasteiger partial charge on any atom is -0.228 e. The Morgan fingerprint density at radius 1 is 0.378 bits per heavy atom.